The molecule has 2 heterocycles. The van der Waals surface area contributed by atoms with Crippen molar-refractivity contribution in [1.82, 2.24) is 14.9 Å². The highest BCUT2D eigenvalue weighted by atomic mass is 32.2. The van der Waals surface area contributed by atoms with Crippen molar-refractivity contribution in [2.45, 2.75) is 49.8 Å². The van der Waals surface area contributed by atoms with E-state index in [1.807, 2.05) is 11.9 Å². The fraction of sp³-hybridized carbons (Fsp3) is 0.714. The van der Waals surface area contributed by atoms with Crippen LogP contribution in [0, 0.1) is 0 Å². The zero-order valence-corrected chi connectivity index (χ0v) is 13.4. The molecule has 2 aliphatic rings. The minimum atomic E-state index is -3.36. The van der Waals surface area contributed by atoms with E-state index in [9.17, 15) is 8.42 Å². The Morgan fingerprint density at radius 2 is 1.95 bits per heavy atom. The lowest BCUT2D eigenvalue weighted by atomic mass is 9.94. The summed E-state index contributed by atoms with van der Waals surface area (Å²) in [6.45, 7) is 1.62. The van der Waals surface area contributed by atoms with E-state index >= 15 is 0 Å². The van der Waals surface area contributed by atoms with Crippen molar-refractivity contribution in [2.24, 2.45) is 0 Å². The molecule has 3 rings (SSSR count). The average molecular weight is 310 g/mol. The molecule has 116 valence electrons. The summed E-state index contributed by atoms with van der Waals surface area (Å²) in [5.41, 5.74) is 1.02. The number of anilines is 1. The third-order valence-electron chi connectivity index (χ3n) is 4.37. The van der Waals surface area contributed by atoms with Gasteiger partial charge in [0, 0.05) is 37.7 Å². The Labute approximate surface area is 126 Å². The van der Waals surface area contributed by atoms with Gasteiger partial charge in [-0.3, -0.25) is 4.90 Å². The van der Waals surface area contributed by atoms with Crippen molar-refractivity contribution >= 4 is 15.7 Å². The Balaban J connectivity index is 1.85. The lowest BCUT2D eigenvalue weighted by molar-refractivity contribution is 0.142. The average Bonchev–Trinajstić information content (AvgIpc) is 2.47. The highest BCUT2D eigenvalue weighted by Gasteiger charge is 2.29. The maximum atomic E-state index is 11.6. The Hall–Kier alpha value is -1.21. The predicted octanol–water partition coefficient (Wildman–Crippen LogP) is 1.42. The minimum absolute atomic E-state index is 0.0841. The zero-order chi connectivity index (χ0) is 15.0. The molecule has 0 unspecified atom stereocenters. The zero-order valence-electron chi connectivity index (χ0n) is 12.6. The molecule has 1 aromatic heterocycles. The third-order valence-corrected chi connectivity index (χ3v) is 5.23. The summed E-state index contributed by atoms with van der Waals surface area (Å²) < 4.78 is 23.2. The summed E-state index contributed by atoms with van der Waals surface area (Å²) in [6.07, 6.45) is 9.28. The van der Waals surface area contributed by atoms with E-state index in [0.717, 1.165) is 30.9 Å². The van der Waals surface area contributed by atoms with Crippen LogP contribution in [-0.4, -0.2) is 49.3 Å². The van der Waals surface area contributed by atoms with E-state index in [1.165, 1.54) is 32.1 Å². The first-order chi connectivity index (χ1) is 9.95. The summed E-state index contributed by atoms with van der Waals surface area (Å²) >= 11 is 0. The van der Waals surface area contributed by atoms with Crippen LogP contribution in [0.3, 0.4) is 0 Å². The van der Waals surface area contributed by atoms with E-state index in [2.05, 4.69) is 14.9 Å². The van der Waals surface area contributed by atoms with Gasteiger partial charge in [-0.1, -0.05) is 19.3 Å². The second kappa shape index (κ2) is 5.53. The van der Waals surface area contributed by atoms with Crippen LogP contribution in [0.2, 0.25) is 0 Å². The van der Waals surface area contributed by atoms with Crippen molar-refractivity contribution in [1.29, 1.82) is 0 Å². The van der Waals surface area contributed by atoms with Crippen LogP contribution in [0.4, 0.5) is 5.82 Å². The monoisotopic (exact) mass is 310 g/mol. The molecule has 0 amide bonds. The molecule has 0 aromatic carbocycles. The first-order valence-electron chi connectivity index (χ1n) is 7.46. The highest BCUT2D eigenvalue weighted by Crippen LogP contribution is 2.30. The summed E-state index contributed by atoms with van der Waals surface area (Å²) in [5, 5.41) is -0.0841. The van der Waals surface area contributed by atoms with Crippen LogP contribution in [0.15, 0.2) is 11.4 Å². The quantitative estimate of drug-likeness (QED) is 0.770. The Morgan fingerprint density at radius 1 is 1.24 bits per heavy atom. The van der Waals surface area contributed by atoms with Crippen LogP contribution >= 0.6 is 0 Å². The largest absolute Gasteiger partial charge is 0.346 e. The van der Waals surface area contributed by atoms with Crippen molar-refractivity contribution < 1.29 is 8.42 Å². The molecule has 0 bridgehead atoms. The molecule has 1 aliphatic carbocycles. The number of aromatic nitrogens is 2. The molecule has 7 heteroatoms. The van der Waals surface area contributed by atoms with Crippen LogP contribution in [0.5, 0.6) is 0 Å². The van der Waals surface area contributed by atoms with Crippen LogP contribution in [-0.2, 0) is 16.4 Å². The summed E-state index contributed by atoms with van der Waals surface area (Å²) in [4.78, 5) is 12.8. The van der Waals surface area contributed by atoms with E-state index < -0.39 is 9.84 Å². The van der Waals surface area contributed by atoms with Gasteiger partial charge in [0.1, 0.15) is 5.82 Å². The number of rotatable bonds is 2. The second-order valence-electron chi connectivity index (χ2n) is 6.15. The van der Waals surface area contributed by atoms with Crippen molar-refractivity contribution in [3.63, 3.8) is 0 Å². The summed E-state index contributed by atoms with van der Waals surface area (Å²) in [6, 6.07) is 0.629. The number of fused-ring (bicyclic) bond motifs is 1. The summed E-state index contributed by atoms with van der Waals surface area (Å²) in [7, 11) is -1.39. The highest BCUT2D eigenvalue weighted by molar-refractivity contribution is 7.90. The van der Waals surface area contributed by atoms with Gasteiger partial charge in [-0.2, -0.15) is 0 Å². The molecule has 1 fully saturated rings. The van der Waals surface area contributed by atoms with Gasteiger partial charge in [0.05, 0.1) is 6.67 Å². The van der Waals surface area contributed by atoms with Crippen LogP contribution < -0.4 is 4.90 Å². The molecule has 1 aliphatic heterocycles. The SMILES string of the molecule is CN1CN(C2CCCCC2)Cc2cnc(S(C)(=O)=O)nc21. The van der Waals surface area contributed by atoms with E-state index in [1.54, 1.807) is 6.20 Å². The number of nitrogens with zero attached hydrogens (tertiary/aromatic N) is 4. The minimum Gasteiger partial charge on any atom is -0.346 e. The molecule has 0 atom stereocenters. The topological polar surface area (TPSA) is 66.4 Å². The van der Waals surface area contributed by atoms with Crippen LogP contribution in [0.25, 0.3) is 0 Å². The van der Waals surface area contributed by atoms with Gasteiger partial charge in [-0.15, -0.1) is 0 Å². The lowest BCUT2D eigenvalue weighted by Crippen LogP contribution is -2.46. The summed E-state index contributed by atoms with van der Waals surface area (Å²) in [5.74, 6) is 0.748. The molecule has 0 spiro atoms. The molecule has 21 heavy (non-hydrogen) atoms. The molecule has 0 radical (unpaired) electrons. The molecule has 6 nitrogen and oxygen atoms in total. The maximum absolute atomic E-state index is 11.6. The number of hydrogen-bond acceptors (Lipinski definition) is 6. The van der Waals surface area contributed by atoms with Crippen molar-refractivity contribution in [3.05, 3.63) is 11.8 Å². The van der Waals surface area contributed by atoms with Gasteiger partial charge in [0.25, 0.3) is 0 Å². The van der Waals surface area contributed by atoms with E-state index in [-0.39, 0.29) is 5.16 Å². The molecule has 0 saturated heterocycles. The van der Waals surface area contributed by atoms with Gasteiger partial charge in [-0.25, -0.2) is 18.4 Å². The Morgan fingerprint density at radius 3 is 2.62 bits per heavy atom. The Bertz CT molecular complexity index is 626. The number of sulfone groups is 1. The second-order valence-corrected chi connectivity index (χ2v) is 8.06. The third kappa shape index (κ3) is 3.03. The van der Waals surface area contributed by atoms with Crippen molar-refractivity contribution in [2.75, 3.05) is 24.9 Å². The van der Waals surface area contributed by atoms with E-state index in [4.69, 9.17) is 0 Å². The van der Waals surface area contributed by atoms with Gasteiger partial charge in [0.2, 0.25) is 15.0 Å². The van der Waals surface area contributed by atoms with Crippen LogP contribution in [0.1, 0.15) is 37.7 Å². The first-order valence-corrected chi connectivity index (χ1v) is 9.35. The fourth-order valence-electron chi connectivity index (χ4n) is 3.30. The smallest absolute Gasteiger partial charge is 0.248 e. The van der Waals surface area contributed by atoms with Gasteiger partial charge in [0.15, 0.2) is 0 Å². The lowest BCUT2D eigenvalue weighted by Gasteiger charge is -2.41. The van der Waals surface area contributed by atoms with Gasteiger partial charge < -0.3 is 4.90 Å². The van der Waals surface area contributed by atoms with E-state index in [0.29, 0.717) is 6.04 Å². The molecule has 1 saturated carbocycles. The normalized spacial score (nSPS) is 21.3. The van der Waals surface area contributed by atoms with Gasteiger partial charge in [-0.05, 0) is 12.8 Å². The molecule has 1 aromatic rings. The van der Waals surface area contributed by atoms with Gasteiger partial charge >= 0.3 is 0 Å². The predicted molar refractivity (Wildman–Crippen MR) is 80.8 cm³/mol. The van der Waals surface area contributed by atoms with Crippen molar-refractivity contribution in [3.8, 4) is 0 Å². The maximum Gasteiger partial charge on any atom is 0.248 e. The fourth-order valence-corrected chi connectivity index (χ4v) is 3.80. The molecular formula is C14H22N4O2S. The molecular weight excluding hydrogens is 288 g/mol. The molecule has 0 N–H and O–H groups in total. The Kier molecular flexibility index (Phi) is 3.88. The number of hydrogen-bond donors (Lipinski definition) is 0. The standard InChI is InChI=1S/C14H22N4O2S/c1-17-10-18(12-6-4-3-5-7-12)9-11-8-15-14(16-13(11)17)21(2,19)20/h8,12H,3-7,9-10H2,1-2H3. The first kappa shape index (κ1) is 14.7.